The Kier molecular flexibility index (Phi) is 8.31. The van der Waals surface area contributed by atoms with Crippen molar-refractivity contribution in [2.45, 2.75) is 58.2 Å². The smallest absolute Gasteiger partial charge is 0.319 e. The van der Waals surface area contributed by atoms with E-state index >= 15 is 0 Å². The Morgan fingerprint density at radius 3 is 2.58 bits per heavy atom. The average molecular weight is 435 g/mol. The van der Waals surface area contributed by atoms with Crippen LogP contribution in [0.2, 0.25) is 0 Å². The molecule has 1 unspecified atom stereocenters. The number of nitrogens with one attached hydrogen (secondary N) is 1. The molecule has 2 aliphatic heterocycles. The minimum Gasteiger partial charge on any atom is -0.381 e. The number of carbonyl (C=O) groups excluding carboxylic acids is 2. The van der Waals surface area contributed by atoms with Crippen LogP contribution in [0.25, 0.3) is 0 Å². The van der Waals surface area contributed by atoms with Gasteiger partial charge >= 0.3 is 6.03 Å². The number of likely N-dealkylation sites (tertiary alicyclic amines) is 1. The number of rotatable bonds is 8. The molecule has 3 heterocycles. The predicted octanol–water partition coefficient (Wildman–Crippen LogP) is 1.24. The lowest BCUT2D eigenvalue weighted by molar-refractivity contribution is -0.121. The van der Waals surface area contributed by atoms with Crippen LogP contribution in [0, 0.1) is 13.8 Å². The topological polar surface area (TPSA) is 82.9 Å². The maximum Gasteiger partial charge on any atom is 0.319 e. The van der Waals surface area contributed by atoms with E-state index in [9.17, 15) is 9.59 Å². The van der Waals surface area contributed by atoms with Gasteiger partial charge in [-0.2, -0.15) is 5.10 Å². The second kappa shape index (κ2) is 10.9. The van der Waals surface area contributed by atoms with E-state index in [0.29, 0.717) is 31.6 Å². The standard InChI is InChI=1S/C22H38N6O3/c1-17-15-18(2)28(24-17)11-6-21(29)23-9-12-27(19-7-13-31-14-8-19)20-5-10-26(16-20)22(30)25(3)4/h15,19-20H,5-14,16H2,1-4H3,(H,23,29). The number of carbonyl (C=O) groups is 2. The molecule has 9 nitrogen and oxygen atoms in total. The highest BCUT2D eigenvalue weighted by atomic mass is 16.5. The second-order valence-corrected chi connectivity index (χ2v) is 8.90. The van der Waals surface area contributed by atoms with Crippen molar-refractivity contribution in [2.24, 2.45) is 0 Å². The van der Waals surface area contributed by atoms with Crippen LogP contribution >= 0.6 is 0 Å². The lowest BCUT2D eigenvalue weighted by Crippen LogP contribution is -2.50. The summed E-state index contributed by atoms with van der Waals surface area (Å²) < 4.78 is 7.44. The fraction of sp³-hybridized carbons (Fsp3) is 0.773. The summed E-state index contributed by atoms with van der Waals surface area (Å²) in [6.45, 7) is 9.08. The predicted molar refractivity (Wildman–Crippen MR) is 119 cm³/mol. The maximum atomic E-state index is 12.4. The Bertz CT molecular complexity index is 744. The van der Waals surface area contributed by atoms with Crippen molar-refractivity contribution in [3.8, 4) is 0 Å². The van der Waals surface area contributed by atoms with E-state index in [4.69, 9.17) is 4.74 Å². The molecule has 0 saturated carbocycles. The zero-order chi connectivity index (χ0) is 22.4. The normalized spacial score (nSPS) is 19.8. The molecule has 1 atom stereocenters. The molecule has 1 aromatic heterocycles. The van der Waals surface area contributed by atoms with Gasteiger partial charge in [-0.05, 0) is 39.2 Å². The van der Waals surface area contributed by atoms with Crippen molar-refractivity contribution in [2.75, 3.05) is 53.5 Å². The molecule has 0 aromatic carbocycles. The number of aromatic nitrogens is 2. The number of hydrogen-bond acceptors (Lipinski definition) is 5. The van der Waals surface area contributed by atoms with Gasteiger partial charge in [-0.25, -0.2) is 4.79 Å². The number of urea groups is 1. The van der Waals surface area contributed by atoms with Crippen LogP contribution < -0.4 is 5.32 Å². The summed E-state index contributed by atoms with van der Waals surface area (Å²) in [4.78, 5) is 30.8. The molecule has 0 bridgehead atoms. The Balaban J connectivity index is 1.50. The van der Waals surface area contributed by atoms with E-state index < -0.39 is 0 Å². The van der Waals surface area contributed by atoms with Crippen molar-refractivity contribution >= 4 is 11.9 Å². The number of aryl methyl sites for hydroxylation is 3. The molecule has 2 fully saturated rings. The summed E-state index contributed by atoms with van der Waals surface area (Å²) in [5.74, 6) is 0.0512. The number of hydrogen-bond donors (Lipinski definition) is 1. The molecule has 3 rings (SSSR count). The highest BCUT2D eigenvalue weighted by Crippen LogP contribution is 2.23. The lowest BCUT2D eigenvalue weighted by Gasteiger charge is -2.38. The fourth-order valence-corrected chi connectivity index (χ4v) is 4.67. The van der Waals surface area contributed by atoms with Gasteiger partial charge in [0.2, 0.25) is 5.91 Å². The maximum absolute atomic E-state index is 12.4. The first kappa shape index (κ1) is 23.5. The van der Waals surface area contributed by atoms with Gasteiger partial charge in [0.05, 0.1) is 5.69 Å². The molecule has 1 aromatic rings. The molecule has 1 N–H and O–H groups in total. The molecule has 0 aliphatic carbocycles. The summed E-state index contributed by atoms with van der Waals surface area (Å²) in [5, 5.41) is 7.50. The quantitative estimate of drug-likeness (QED) is 0.666. The first-order valence-electron chi connectivity index (χ1n) is 11.4. The molecular formula is C22H38N6O3. The first-order valence-corrected chi connectivity index (χ1v) is 11.4. The van der Waals surface area contributed by atoms with E-state index in [1.54, 1.807) is 19.0 Å². The van der Waals surface area contributed by atoms with E-state index in [2.05, 4.69) is 15.3 Å². The fourth-order valence-electron chi connectivity index (χ4n) is 4.67. The van der Waals surface area contributed by atoms with E-state index in [1.807, 2.05) is 29.5 Å². The van der Waals surface area contributed by atoms with Gasteiger partial charge in [-0.3, -0.25) is 14.4 Å². The molecule has 2 saturated heterocycles. The lowest BCUT2D eigenvalue weighted by atomic mass is 10.0. The highest BCUT2D eigenvalue weighted by molar-refractivity contribution is 5.75. The Hall–Kier alpha value is -2.13. The largest absolute Gasteiger partial charge is 0.381 e. The Morgan fingerprint density at radius 1 is 1.19 bits per heavy atom. The van der Waals surface area contributed by atoms with Gasteiger partial charge in [0.1, 0.15) is 0 Å². The van der Waals surface area contributed by atoms with Gasteiger partial charge in [-0.15, -0.1) is 0 Å². The number of nitrogens with zero attached hydrogens (tertiary/aromatic N) is 5. The number of amides is 3. The first-order chi connectivity index (χ1) is 14.8. The van der Waals surface area contributed by atoms with Gasteiger partial charge in [0.25, 0.3) is 0 Å². The van der Waals surface area contributed by atoms with Gasteiger partial charge in [0.15, 0.2) is 0 Å². The summed E-state index contributed by atoms with van der Waals surface area (Å²) in [5.41, 5.74) is 2.05. The summed E-state index contributed by atoms with van der Waals surface area (Å²) in [7, 11) is 3.60. The third-order valence-corrected chi connectivity index (χ3v) is 6.29. The van der Waals surface area contributed by atoms with Crippen LogP contribution in [-0.2, 0) is 16.1 Å². The second-order valence-electron chi connectivity index (χ2n) is 8.90. The number of ether oxygens (including phenoxy) is 1. The van der Waals surface area contributed by atoms with Crippen molar-refractivity contribution < 1.29 is 14.3 Å². The molecule has 0 spiro atoms. The van der Waals surface area contributed by atoms with Crippen molar-refractivity contribution in [3.63, 3.8) is 0 Å². The summed E-state index contributed by atoms with van der Waals surface area (Å²) in [6, 6.07) is 2.88. The molecule has 2 aliphatic rings. The third kappa shape index (κ3) is 6.43. The Labute approximate surface area is 185 Å². The molecular weight excluding hydrogens is 396 g/mol. The minimum atomic E-state index is 0.0512. The molecule has 0 radical (unpaired) electrons. The monoisotopic (exact) mass is 434 g/mol. The van der Waals surface area contributed by atoms with Crippen molar-refractivity contribution in [1.82, 2.24) is 29.8 Å². The van der Waals surface area contributed by atoms with Crippen molar-refractivity contribution in [3.05, 3.63) is 17.5 Å². The van der Waals surface area contributed by atoms with Gasteiger partial charge in [-0.1, -0.05) is 0 Å². The SMILES string of the molecule is Cc1cc(C)n(CCC(=O)NCCN(C2CCOCC2)C2CCN(C(=O)N(C)C)C2)n1. The third-order valence-electron chi connectivity index (χ3n) is 6.29. The highest BCUT2D eigenvalue weighted by Gasteiger charge is 2.34. The summed E-state index contributed by atoms with van der Waals surface area (Å²) >= 11 is 0. The molecule has 3 amide bonds. The molecule has 31 heavy (non-hydrogen) atoms. The van der Waals surface area contributed by atoms with Crippen LogP contribution in [-0.4, -0.2) is 102 Å². The van der Waals surface area contributed by atoms with Crippen LogP contribution in [0.4, 0.5) is 4.79 Å². The van der Waals surface area contributed by atoms with E-state index in [0.717, 1.165) is 63.5 Å². The molecule has 174 valence electrons. The van der Waals surface area contributed by atoms with Crippen molar-refractivity contribution in [1.29, 1.82) is 0 Å². The average Bonchev–Trinajstić information content (AvgIpc) is 3.35. The van der Waals surface area contributed by atoms with E-state index in [1.165, 1.54) is 0 Å². The zero-order valence-corrected chi connectivity index (χ0v) is 19.5. The van der Waals surface area contributed by atoms with Gasteiger partial charge in [0, 0.05) is 84.2 Å². The zero-order valence-electron chi connectivity index (χ0n) is 19.5. The van der Waals surface area contributed by atoms with Crippen LogP contribution in [0.5, 0.6) is 0 Å². The van der Waals surface area contributed by atoms with E-state index in [-0.39, 0.29) is 11.9 Å². The van der Waals surface area contributed by atoms with Crippen LogP contribution in [0.1, 0.15) is 37.1 Å². The molecule has 9 heteroatoms. The van der Waals surface area contributed by atoms with Crippen LogP contribution in [0.3, 0.4) is 0 Å². The minimum absolute atomic E-state index is 0.0512. The van der Waals surface area contributed by atoms with Gasteiger partial charge < -0.3 is 19.9 Å². The van der Waals surface area contributed by atoms with Crippen LogP contribution in [0.15, 0.2) is 6.07 Å². The summed E-state index contributed by atoms with van der Waals surface area (Å²) in [6.07, 6.45) is 3.41. The Morgan fingerprint density at radius 2 is 1.94 bits per heavy atom.